The fourth-order valence-electron chi connectivity index (χ4n) is 1.48. The van der Waals surface area contributed by atoms with E-state index in [1.165, 1.54) is 30.3 Å². The Morgan fingerprint density at radius 1 is 1.53 bits per heavy atom. The van der Waals surface area contributed by atoms with Gasteiger partial charge in [0.05, 0.1) is 18.1 Å². The molecule has 2 rings (SSSR count). The molecule has 7 nitrogen and oxygen atoms in total. The van der Waals surface area contributed by atoms with E-state index in [-0.39, 0.29) is 12.4 Å². The summed E-state index contributed by atoms with van der Waals surface area (Å²) >= 11 is 0. The fraction of sp³-hybridized carbons (Fsp3) is 0.300. The average molecular weight is 271 g/mol. The van der Waals surface area contributed by atoms with Crippen molar-refractivity contribution in [3.05, 3.63) is 30.4 Å². The monoisotopic (exact) mass is 271 g/mol. The van der Waals surface area contributed by atoms with Gasteiger partial charge in [-0.05, 0) is 6.07 Å². The summed E-state index contributed by atoms with van der Waals surface area (Å²) in [6, 6.07) is 1.21. The second-order valence-electron chi connectivity index (χ2n) is 3.58. The van der Waals surface area contributed by atoms with Gasteiger partial charge in [0.25, 0.3) is 5.91 Å². The Morgan fingerprint density at radius 2 is 2.32 bits per heavy atom. The van der Waals surface area contributed by atoms with Crippen LogP contribution in [0.15, 0.2) is 24.7 Å². The molecule has 0 saturated heterocycles. The predicted octanol–water partition coefficient (Wildman–Crippen LogP) is 1.33. The van der Waals surface area contributed by atoms with Gasteiger partial charge in [0.15, 0.2) is 0 Å². The molecule has 0 aliphatic rings. The highest BCUT2D eigenvalue weighted by atomic mass is 19.3. The van der Waals surface area contributed by atoms with E-state index >= 15 is 0 Å². The van der Waals surface area contributed by atoms with E-state index in [9.17, 15) is 13.6 Å². The van der Waals surface area contributed by atoms with Gasteiger partial charge in [-0.25, -0.2) is 4.68 Å². The maximum absolute atomic E-state index is 12.6. The molecule has 0 aliphatic carbocycles. The van der Waals surface area contributed by atoms with Crippen molar-refractivity contribution in [3.63, 3.8) is 0 Å². The lowest BCUT2D eigenvalue weighted by molar-refractivity contribution is 0.0520. The van der Waals surface area contributed by atoms with Gasteiger partial charge < -0.3 is 10.1 Å². The number of rotatable bonds is 5. The van der Waals surface area contributed by atoms with Gasteiger partial charge in [-0.1, -0.05) is 0 Å². The fourth-order valence-corrected chi connectivity index (χ4v) is 1.48. The molecule has 0 saturated carbocycles. The van der Waals surface area contributed by atoms with Crippen molar-refractivity contribution in [2.24, 2.45) is 0 Å². The quantitative estimate of drug-likeness (QED) is 0.890. The number of anilines is 1. The van der Waals surface area contributed by atoms with Crippen molar-refractivity contribution < 1.29 is 18.3 Å². The third-order valence-electron chi connectivity index (χ3n) is 2.24. The Bertz CT molecular complexity index is 566. The number of alkyl halides is 2. The molecule has 102 valence electrons. The number of nitrogens with one attached hydrogen (secondary N) is 1. The minimum absolute atomic E-state index is 0.227. The third kappa shape index (κ3) is 2.94. The van der Waals surface area contributed by atoms with Crippen LogP contribution in [-0.2, 0) is 11.5 Å². The minimum Gasteiger partial charge on any atom is -0.362 e. The first-order valence-electron chi connectivity index (χ1n) is 5.26. The molecule has 1 N–H and O–H groups in total. The molecule has 19 heavy (non-hydrogen) atoms. The van der Waals surface area contributed by atoms with Gasteiger partial charge in [0.1, 0.15) is 12.4 Å². The van der Waals surface area contributed by atoms with Crippen molar-refractivity contribution >= 4 is 11.6 Å². The van der Waals surface area contributed by atoms with Crippen molar-refractivity contribution in [2.75, 3.05) is 12.4 Å². The molecule has 0 spiro atoms. The first-order chi connectivity index (χ1) is 9.11. The third-order valence-corrected chi connectivity index (χ3v) is 2.24. The SMILES string of the molecule is COCn1cc(NC(=O)c2ccnn2C(F)F)cn1. The highest BCUT2D eigenvalue weighted by Crippen LogP contribution is 2.14. The van der Waals surface area contributed by atoms with Gasteiger partial charge in [0, 0.05) is 13.3 Å². The minimum atomic E-state index is -2.87. The summed E-state index contributed by atoms with van der Waals surface area (Å²) in [5.74, 6) is -0.685. The largest absolute Gasteiger partial charge is 0.362 e. The topological polar surface area (TPSA) is 74.0 Å². The number of nitrogens with zero attached hydrogens (tertiary/aromatic N) is 4. The zero-order chi connectivity index (χ0) is 13.8. The molecule has 0 aliphatic heterocycles. The van der Waals surface area contributed by atoms with Crippen molar-refractivity contribution in [1.82, 2.24) is 19.6 Å². The van der Waals surface area contributed by atoms with Crippen LogP contribution in [0, 0.1) is 0 Å². The van der Waals surface area contributed by atoms with Crippen molar-refractivity contribution in [3.8, 4) is 0 Å². The van der Waals surface area contributed by atoms with Crippen molar-refractivity contribution in [2.45, 2.75) is 13.3 Å². The molecule has 2 heterocycles. The van der Waals surface area contributed by atoms with Crippen LogP contribution in [0.1, 0.15) is 17.0 Å². The van der Waals surface area contributed by atoms with Crippen LogP contribution in [-0.4, -0.2) is 32.6 Å². The van der Waals surface area contributed by atoms with Crippen LogP contribution in [0.2, 0.25) is 0 Å². The van der Waals surface area contributed by atoms with E-state index in [4.69, 9.17) is 4.74 Å². The number of ether oxygens (including phenoxy) is 1. The number of hydrogen-bond acceptors (Lipinski definition) is 4. The Kier molecular flexibility index (Phi) is 3.85. The standard InChI is InChI=1S/C10H11F2N5O2/c1-19-6-16-5-7(4-14-16)15-9(18)8-2-3-13-17(8)10(11)12/h2-5,10H,6H2,1H3,(H,15,18). The number of methoxy groups -OCH3 is 1. The van der Waals surface area contributed by atoms with Gasteiger partial charge in [-0.15, -0.1) is 0 Å². The second-order valence-corrected chi connectivity index (χ2v) is 3.58. The zero-order valence-electron chi connectivity index (χ0n) is 9.96. The Morgan fingerprint density at radius 3 is 3.00 bits per heavy atom. The summed E-state index contributed by atoms with van der Waals surface area (Å²) in [6.07, 6.45) is 4.04. The number of carbonyl (C=O) groups excluding carboxylic acids is 1. The van der Waals surface area contributed by atoms with E-state index in [0.29, 0.717) is 10.4 Å². The molecule has 2 aromatic heterocycles. The lowest BCUT2D eigenvalue weighted by atomic mass is 10.4. The predicted molar refractivity (Wildman–Crippen MR) is 60.7 cm³/mol. The average Bonchev–Trinajstić information content (AvgIpc) is 2.98. The van der Waals surface area contributed by atoms with Gasteiger partial charge in [-0.2, -0.15) is 23.7 Å². The Labute approximate surface area is 106 Å². The molecule has 0 fully saturated rings. The van der Waals surface area contributed by atoms with Crippen LogP contribution in [0.3, 0.4) is 0 Å². The molecule has 1 amide bonds. The Balaban J connectivity index is 2.09. The summed E-state index contributed by atoms with van der Waals surface area (Å²) in [6.45, 7) is -2.64. The molecule has 2 aromatic rings. The summed E-state index contributed by atoms with van der Waals surface area (Å²) in [7, 11) is 1.50. The van der Waals surface area contributed by atoms with Crippen LogP contribution < -0.4 is 5.32 Å². The summed E-state index contributed by atoms with van der Waals surface area (Å²) in [4.78, 5) is 11.8. The first kappa shape index (κ1) is 13.1. The number of amides is 1. The number of carbonyl (C=O) groups is 1. The van der Waals surface area contributed by atoms with E-state index in [1.54, 1.807) is 0 Å². The molecule has 0 unspecified atom stereocenters. The van der Waals surface area contributed by atoms with E-state index < -0.39 is 12.5 Å². The molecule has 9 heteroatoms. The van der Waals surface area contributed by atoms with E-state index in [0.717, 1.165) is 6.20 Å². The molecular formula is C10H11F2N5O2. The van der Waals surface area contributed by atoms with Gasteiger partial charge in [-0.3, -0.25) is 4.79 Å². The Hall–Kier alpha value is -2.29. The molecule has 0 aromatic carbocycles. The smallest absolute Gasteiger partial charge is 0.333 e. The number of hydrogen-bond donors (Lipinski definition) is 1. The van der Waals surface area contributed by atoms with Crippen LogP contribution in [0.5, 0.6) is 0 Å². The summed E-state index contributed by atoms with van der Waals surface area (Å²) in [5, 5.41) is 9.73. The summed E-state index contributed by atoms with van der Waals surface area (Å²) < 4.78 is 31.7. The number of aromatic nitrogens is 4. The maximum Gasteiger partial charge on any atom is 0.333 e. The van der Waals surface area contributed by atoms with Crippen LogP contribution in [0.4, 0.5) is 14.5 Å². The van der Waals surface area contributed by atoms with E-state index in [2.05, 4.69) is 15.5 Å². The van der Waals surface area contributed by atoms with Crippen molar-refractivity contribution in [1.29, 1.82) is 0 Å². The lowest BCUT2D eigenvalue weighted by Gasteiger charge is -2.05. The van der Waals surface area contributed by atoms with Gasteiger partial charge >= 0.3 is 6.55 Å². The molecule has 0 bridgehead atoms. The van der Waals surface area contributed by atoms with E-state index in [1.807, 2.05) is 0 Å². The second kappa shape index (κ2) is 5.57. The lowest BCUT2D eigenvalue weighted by Crippen LogP contribution is -2.18. The molecular weight excluding hydrogens is 260 g/mol. The summed E-state index contributed by atoms with van der Waals surface area (Å²) in [5.41, 5.74) is 0.151. The maximum atomic E-state index is 12.6. The first-order valence-corrected chi connectivity index (χ1v) is 5.26. The van der Waals surface area contributed by atoms with Gasteiger partial charge in [0.2, 0.25) is 0 Å². The highest BCUT2D eigenvalue weighted by molar-refractivity contribution is 6.02. The highest BCUT2D eigenvalue weighted by Gasteiger charge is 2.18. The van der Waals surface area contributed by atoms with Crippen LogP contribution in [0.25, 0.3) is 0 Å². The molecule has 0 atom stereocenters. The normalized spacial score (nSPS) is 10.9. The van der Waals surface area contributed by atoms with Crippen LogP contribution >= 0.6 is 0 Å². The molecule has 0 radical (unpaired) electrons. The number of halogens is 2. The zero-order valence-corrected chi connectivity index (χ0v) is 9.96.